The third kappa shape index (κ3) is 4.90. The van der Waals surface area contributed by atoms with Crippen molar-refractivity contribution < 1.29 is 9.53 Å². The number of fused-ring (bicyclic) bond motifs is 1. The summed E-state index contributed by atoms with van der Waals surface area (Å²) in [5, 5.41) is 3.52. The standard InChI is InChI=1S/C25H32N4O2/c1-19-12-16-29-21(18-26-13-11-20-9-5-6-10-22(20)31-2)24(27-23(29)17-19)25(30)28-14-7-3-4-8-15-28/h5-6,9-10,12,16-17,26H,3-4,7-8,11,13-15,18H2,1-2H3. The topological polar surface area (TPSA) is 58.9 Å². The maximum absolute atomic E-state index is 13.4. The highest BCUT2D eigenvalue weighted by Gasteiger charge is 2.24. The molecule has 31 heavy (non-hydrogen) atoms. The molecular weight excluding hydrogens is 388 g/mol. The van der Waals surface area contributed by atoms with Crippen LogP contribution in [0.4, 0.5) is 0 Å². The maximum atomic E-state index is 13.4. The van der Waals surface area contributed by atoms with Gasteiger partial charge in [-0.3, -0.25) is 4.79 Å². The molecule has 0 radical (unpaired) electrons. The van der Waals surface area contributed by atoms with E-state index in [1.165, 1.54) is 18.4 Å². The van der Waals surface area contributed by atoms with Crippen molar-refractivity contribution in [3.05, 3.63) is 65.1 Å². The normalized spacial score (nSPS) is 14.6. The molecular formula is C25H32N4O2. The zero-order valence-electron chi connectivity index (χ0n) is 18.6. The van der Waals surface area contributed by atoms with Crippen LogP contribution in [0.5, 0.6) is 5.75 Å². The summed E-state index contributed by atoms with van der Waals surface area (Å²) in [7, 11) is 1.70. The predicted octanol–water partition coefficient (Wildman–Crippen LogP) is 4.00. The van der Waals surface area contributed by atoms with E-state index in [0.717, 1.165) is 61.6 Å². The Labute approximate surface area is 184 Å². The number of carbonyl (C=O) groups is 1. The van der Waals surface area contributed by atoms with E-state index >= 15 is 0 Å². The van der Waals surface area contributed by atoms with Gasteiger partial charge in [0.25, 0.3) is 5.91 Å². The molecule has 3 heterocycles. The van der Waals surface area contributed by atoms with Crippen molar-refractivity contribution in [3.8, 4) is 5.75 Å². The van der Waals surface area contributed by atoms with Crippen LogP contribution in [0.3, 0.4) is 0 Å². The number of nitrogens with one attached hydrogen (secondary N) is 1. The van der Waals surface area contributed by atoms with E-state index in [-0.39, 0.29) is 5.91 Å². The fraction of sp³-hybridized carbons (Fsp3) is 0.440. The molecule has 1 aliphatic rings. The number of aryl methyl sites for hydroxylation is 1. The van der Waals surface area contributed by atoms with Crippen LogP contribution < -0.4 is 10.1 Å². The zero-order valence-corrected chi connectivity index (χ0v) is 18.6. The van der Waals surface area contributed by atoms with Gasteiger partial charge in [-0.15, -0.1) is 0 Å². The maximum Gasteiger partial charge on any atom is 0.274 e. The summed E-state index contributed by atoms with van der Waals surface area (Å²) in [4.78, 5) is 20.1. The summed E-state index contributed by atoms with van der Waals surface area (Å²) in [6.45, 7) is 5.08. The summed E-state index contributed by atoms with van der Waals surface area (Å²) >= 11 is 0. The molecule has 1 N–H and O–H groups in total. The molecule has 1 fully saturated rings. The van der Waals surface area contributed by atoms with E-state index in [9.17, 15) is 4.79 Å². The second-order valence-corrected chi connectivity index (χ2v) is 8.28. The predicted molar refractivity (Wildman–Crippen MR) is 123 cm³/mol. The van der Waals surface area contributed by atoms with Crippen LogP contribution in [0.15, 0.2) is 42.6 Å². The van der Waals surface area contributed by atoms with Gasteiger partial charge < -0.3 is 19.4 Å². The summed E-state index contributed by atoms with van der Waals surface area (Å²) in [5.74, 6) is 0.969. The van der Waals surface area contributed by atoms with Gasteiger partial charge in [-0.1, -0.05) is 31.0 Å². The van der Waals surface area contributed by atoms with E-state index in [2.05, 4.69) is 24.4 Å². The minimum atomic E-state index is 0.0600. The van der Waals surface area contributed by atoms with Crippen molar-refractivity contribution in [1.29, 1.82) is 0 Å². The molecule has 4 rings (SSSR count). The van der Waals surface area contributed by atoms with Crippen LogP contribution in [0.2, 0.25) is 0 Å². The van der Waals surface area contributed by atoms with Crippen LogP contribution in [-0.4, -0.2) is 46.9 Å². The van der Waals surface area contributed by atoms with Crippen molar-refractivity contribution in [2.45, 2.75) is 45.6 Å². The highest BCUT2D eigenvalue weighted by atomic mass is 16.5. The number of nitrogens with zero attached hydrogens (tertiary/aromatic N) is 3. The SMILES string of the molecule is COc1ccccc1CCNCc1c(C(=O)N2CCCCCC2)nc2cc(C)ccn12. The Morgan fingerprint density at radius 2 is 1.90 bits per heavy atom. The molecule has 0 aliphatic carbocycles. The number of imidazole rings is 1. The number of methoxy groups -OCH3 is 1. The van der Waals surface area contributed by atoms with Crippen LogP contribution in [0, 0.1) is 6.92 Å². The van der Waals surface area contributed by atoms with Gasteiger partial charge in [0.05, 0.1) is 12.8 Å². The van der Waals surface area contributed by atoms with Crippen molar-refractivity contribution >= 4 is 11.6 Å². The Bertz CT molecular complexity index is 1040. The van der Waals surface area contributed by atoms with Crippen LogP contribution in [0.1, 0.15) is 53.0 Å². The van der Waals surface area contributed by atoms with E-state index in [1.54, 1.807) is 7.11 Å². The molecule has 3 aromatic rings. The van der Waals surface area contributed by atoms with Gasteiger partial charge in [0, 0.05) is 25.8 Å². The Morgan fingerprint density at radius 1 is 1.13 bits per heavy atom. The molecule has 1 amide bonds. The smallest absolute Gasteiger partial charge is 0.274 e. The molecule has 0 unspecified atom stereocenters. The summed E-state index contributed by atoms with van der Waals surface area (Å²) < 4.78 is 7.50. The molecule has 6 nitrogen and oxygen atoms in total. The lowest BCUT2D eigenvalue weighted by atomic mass is 10.1. The van der Waals surface area contributed by atoms with Gasteiger partial charge in [0.1, 0.15) is 11.4 Å². The number of likely N-dealkylation sites (tertiary alicyclic amines) is 1. The first kappa shape index (κ1) is 21.4. The van der Waals surface area contributed by atoms with E-state index < -0.39 is 0 Å². The highest BCUT2D eigenvalue weighted by molar-refractivity contribution is 5.94. The number of rotatable bonds is 7. The summed E-state index contributed by atoms with van der Waals surface area (Å²) in [6.07, 6.45) is 7.43. The number of para-hydroxylation sites is 1. The fourth-order valence-corrected chi connectivity index (χ4v) is 4.30. The van der Waals surface area contributed by atoms with Crippen LogP contribution in [-0.2, 0) is 13.0 Å². The zero-order chi connectivity index (χ0) is 21.6. The van der Waals surface area contributed by atoms with Crippen molar-refractivity contribution in [2.24, 2.45) is 0 Å². The molecule has 1 saturated heterocycles. The highest BCUT2D eigenvalue weighted by Crippen LogP contribution is 2.20. The number of benzene rings is 1. The average molecular weight is 421 g/mol. The summed E-state index contributed by atoms with van der Waals surface area (Å²) in [6, 6.07) is 12.2. The number of aromatic nitrogens is 2. The number of carbonyl (C=O) groups excluding carboxylic acids is 1. The second kappa shape index (κ2) is 9.96. The van der Waals surface area contributed by atoms with Crippen LogP contribution >= 0.6 is 0 Å². The first-order valence-corrected chi connectivity index (χ1v) is 11.3. The van der Waals surface area contributed by atoms with Gasteiger partial charge in [-0.05, 0) is 62.1 Å². The first-order chi connectivity index (χ1) is 15.2. The van der Waals surface area contributed by atoms with Gasteiger partial charge in [-0.2, -0.15) is 0 Å². The Morgan fingerprint density at radius 3 is 2.68 bits per heavy atom. The second-order valence-electron chi connectivity index (χ2n) is 8.28. The Hall–Kier alpha value is -2.86. The van der Waals surface area contributed by atoms with Gasteiger partial charge in [-0.25, -0.2) is 4.98 Å². The molecule has 164 valence electrons. The molecule has 0 saturated carbocycles. The monoisotopic (exact) mass is 420 g/mol. The van der Waals surface area contributed by atoms with Crippen molar-refractivity contribution in [2.75, 3.05) is 26.7 Å². The quantitative estimate of drug-likeness (QED) is 0.587. The van der Waals surface area contributed by atoms with E-state index in [1.807, 2.05) is 39.8 Å². The number of pyridine rings is 1. The summed E-state index contributed by atoms with van der Waals surface area (Å²) in [5.41, 5.74) is 4.66. The van der Waals surface area contributed by atoms with Gasteiger partial charge in [0.2, 0.25) is 0 Å². The number of hydrogen-bond donors (Lipinski definition) is 1. The number of amides is 1. The lowest BCUT2D eigenvalue weighted by Gasteiger charge is -2.20. The molecule has 1 aliphatic heterocycles. The third-order valence-electron chi connectivity index (χ3n) is 6.03. The van der Waals surface area contributed by atoms with Gasteiger partial charge >= 0.3 is 0 Å². The van der Waals surface area contributed by atoms with E-state index in [4.69, 9.17) is 9.72 Å². The van der Waals surface area contributed by atoms with Crippen molar-refractivity contribution in [1.82, 2.24) is 19.6 Å². The first-order valence-electron chi connectivity index (χ1n) is 11.3. The van der Waals surface area contributed by atoms with Gasteiger partial charge in [0.15, 0.2) is 5.69 Å². The largest absolute Gasteiger partial charge is 0.496 e. The van der Waals surface area contributed by atoms with E-state index in [0.29, 0.717) is 12.2 Å². The average Bonchev–Trinajstić information content (AvgIpc) is 2.95. The minimum Gasteiger partial charge on any atom is -0.496 e. The minimum absolute atomic E-state index is 0.0600. The number of hydrogen-bond acceptors (Lipinski definition) is 4. The molecule has 2 aromatic heterocycles. The van der Waals surface area contributed by atoms with Crippen molar-refractivity contribution in [3.63, 3.8) is 0 Å². The molecule has 1 aromatic carbocycles. The fourth-order valence-electron chi connectivity index (χ4n) is 4.30. The third-order valence-corrected chi connectivity index (χ3v) is 6.03. The molecule has 0 atom stereocenters. The van der Waals surface area contributed by atoms with Crippen LogP contribution in [0.25, 0.3) is 5.65 Å². The lowest BCUT2D eigenvalue weighted by molar-refractivity contribution is 0.0755. The molecule has 6 heteroatoms. The Kier molecular flexibility index (Phi) is 6.87. The molecule has 0 bridgehead atoms. The Balaban J connectivity index is 1.52. The lowest BCUT2D eigenvalue weighted by Crippen LogP contribution is -2.33. The molecule has 0 spiro atoms. The number of ether oxygens (including phenoxy) is 1.